The van der Waals surface area contributed by atoms with E-state index in [2.05, 4.69) is 0 Å². The third-order valence-electron chi connectivity index (χ3n) is 9.84. The van der Waals surface area contributed by atoms with Crippen molar-refractivity contribution in [1.29, 1.82) is 0 Å². The Bertz CT molecular complexity index is 1080. The summed E-state index contributed by atoms with van der Waals surface area (Å²) in [7, 11) is 0. The van der Waals surface area contributed by atoms with Crippen LogP contribution in [0.2, 0.25) is 0 Å². The van der Waals surface area contributed by atoms with Gasteiger partial charge in [0.1, 0.15) is 0 Å². The van der Waals surface area contributed by atoms with Crippen molar-refractivity contribution in [3.8, 4) is 0 Å². The van der Waals surface area contributed by atoms with Gasteiger partial charge in [0.15, 0.2) is 23.7 Å². The maximum absolute atomic E-state index is 17.4. The first-order chi connectivity index (χ1) is 17.2. The van der Waals surface area contributed by atoms with Gasteiger partial charge in [-0.05, 0) is 49.8 Å². The van der Waals surface area contributed by atoms with Crippen molar-refractivity contribution >= 4 is 23.5 Å². The van der Waals surface area contributed by atoms with E-state index in [0.717, 1.165) is 0 Å². The number of carbonyl (C=O) groups excluding carboxylic acids is 4. The van der Waals surface area contributed by atoms with Gasteiger partial charge in [0.2, 0.25) is 5.78 Å². The van der Waals surface area contributed by atoms with E-state index in [0.29, 0.717) is 6.42 Å². The summed E-state index contributed by atoms with van der Waals surface area (Å²) in [6.07, 6.45) is 1.35. The number of hydrogen-bond donors (Lipinski definition) is 2. The summed E-state index contributed by atoms with van der Waals surface area (Å²) in [4.78, 5) is 50.4. The molecule has 3 fully saturated rings. The van der Waals surface area contributed by atoms with Crippen LogP contribution in [0.4, 0.5) is 4.39 Å². The van der Waals surface area contributed by atoms with E-state index in [1.54, 1.807) is 34.6 Å². The van der Waals surface area contributed by atoms with Gasteiger partial charge >= 0.3 is 11.9 Å². The van der Waals surface area contributed by atoms with E-state index < -0.39 is 76.4 Å². The lowest BCUT2D eigenvalue weighted by Crippen LogP contribution is -2.71. The van der Waals surface area contributed by atoms with Crippen molar-refractivity contribution in [3.63, 3.8) is 0 Å². The molecule has 9 heteroatoms. The Labute approximate surface area is 216 Å². The fraction of sp³-hybridized carbons (Fsp3) is 0.714. The molecule has 0 unspecified atom stereocenters. The molecule has 8 nitrogen and oxygen atoms in total. The molecule has 0 aliphatic heterocycles. The summed E-state index contributed by atoms with van der Waals surface area (Å²) < 4.78 is 28.5. The number of hydrogen-bond acceptors (Lipinski definition) is 8. The SMILES string of the molecule is CCC(=O)OCC(=O)[C@]1(OC(=O)CC)[C@@H](C)C[C@H]2[C@@H]3C[C@@H](O)C4=CC(=O)C=C[C@]4(C)[C@@]3(F)[C@@H](O)C[C@@]21C. The molecular weight excluding hydrogens is 483 g/mol. The molecule has 204 valence electrons. The third kappa shape index (κ3) is 3.60. The van der Waals surface area contributed by atoms with E-state index in [1.165, 1.54) is 18.2 Å². The summed E-state index contributed by atoms with van der Waals surface area (Å²) in [5.41, 5.74) is -6.38. The average molecular weight is 521 g/mol. The van der Waals surface area contributed by atoms with E-state index >= 15 is 4.39 Å². The van der Waals surface area contributed by atoms with Gasteiger partial charge < -0.3 is 19.7 Å². The zero-order chi connectivity index (χ0) is 27.6. The van der Waals surface area contributed by atoms with Crippen LogP contribution in [-0.2, 0) is 28.7 Å². The molecule has 2 N–H and O–H groups in total. The second-order valence-electron chi connectivity index (χ2n) is 11.5. The standard InChI is InChI=1S/C28H37FO8/c1-6-23(34)36-14-22(33)28(37-24(35)7-2)15(3)10-17-18-12-20(31)19-11-16(30)8-9-25(19,4)27(18,29)21(32)13-26(17,28)5/h8-9,11,15,17-18,20-21,31-32H,6-7,10,12-14H2,1-5H3/t15-,17-,18-,20+,21-,25-,26-,27-,28+/m0/s1. The molecule has 0 amide bonds. The van der Waals surface area contributed by atoms with Crippen molar-refractivity contribution in [2.75, 3.05) is 6.61 Å². The van der Waals surface area contributed by atoms with Crippen LogP contribution < -0.4 is 0 Å². The summed E-state index contributed by atoms with van der Waals surface area (Å²) in [5.74, 6) is -4.16. The van der Waals surface area contributed by atoms with Gasteiger partial charge in [0, 0.05) is 35.5 Å². The van der Waals surface area contributed by atoms with Crippen molar-refractivity contribution in [1.82, 2.24) is 0 Å². The van der Waals surface area contributed by atoms with Crippen LogP contribution >= 0.6 is 0 Å². The highest BCUT2D eigenvalue weighted by Crippen LogP contribution is 2.71. The quantitative estimate of drug-likeness (QED) is 0.512. The number of ketones is 2. The molecule has 0 heterocycles. The molecule has 0 bridgehead atoms. The Kier molecular flexibility index (Phi) is 6.81. The summed E-state index contributed by atoms with van der Waals surface area (Å²) in [6, 6.07) is 0. The van der Waals surface area contributed by atoms with Crippen molar-refractivity contribution in [3.05, 3.63) is 23.8 Å². The highest BCUT2D eigenvalue weighted by atomic mass is 19.1. The Hall–Kier alpha value is -2.39. The summed E-state index contributed by atoms with van der Waals surface area (Å²) >= 11 is 0. The second kappa shape index (κ2) is 9.12. The number of allylic oxidation sites excluding steroid dienone is 3. The molecule has 0 aromatic heterocycles. The number of fused-ring (bicyclic) bond motifs is 5. The van der Waals surface area contributed by atoms with Gasteiger partial charge in [-0.25, -0.2) is 4.39 Å². The van der Waals surface area contributed by atoms with Gasteiger partial charge in [-0.15, -0.1) is 0 Å². The van der Waals surface area contributed by atoms with Crippen LogP contribution in [0.1, 0.15) is 66.7 Å². The lowest BCUT2D eigenvalue weighted by Gasteiger charge is -2.63. The molecule has 0 radical (unpaired) electrons. The smallest absolute Gasteiger partial charge is 0.306 e. The number of rotatable bonds is 6. The van der Waals surface area contributed by atoms with Crippen molar-refractivity contribution in [2.45, 2.75) is 90.2 Å². The Balaban J connectivity index is 1.83. The molecule has 0 spiro atoms. The number of esters is 2. The second-order valence-corrected chi connectivity index (χ2v) is 11.5. The molecule has 4 rings (SSSR count). The molecule has 9 atom stereocenters. The van der Waals surface area contributed by atoms with Crippen molar-refractivity contribution in [2.24, 2.45) is 28.6 Å². The minimum Gasteiger partial charge on any atom is -0.457 e. The number of halogens is 1. The first-order valence-electron chi connectivity index (χ1n) is 13.1. The molecule has 4 aliphatic rings. The Morgan fingerprint density at radius 1 is 1.08 bits per heavy atom. The topological polar surface area (TPSA) is 127 Å². The van der Waals surface area contributed by atoms with E-state index in [1.807, 2.05) is 0 Å². The summed E-state index contributed by atoms with van der Waals surface area (Å²) in [6.45, 7) is 7.66. The van der Waals surface area contributed by atoms with Gasteiger partial charge in [0.25, 0.3) is 0 Å². The van der Waals surface area contributed by atoms with Crippen LogP contribution in [-0.4, -0.2) is 63.8 Å². The molecule has 37 heavy (non-hydrogen) atoms. The summed E-state index contributed by atoms with van der Waals surface area (Å²) in [5, 5.41) is 22.6. The Morgan fingerprint density at radius 3 is 2.35 bits per heavy atom. The number of alkyl halides is 1. The number of aliphatic hydroxyl groups excluding tert-OH is 2. The van der Waals surface area contributed by atoms with Crippen molar-refractivity contribution < 1.29 is 43.3 Å². The van der Waals surface area contributed by atoms with Crippen LogP contribution in [0.3, 0.4) is 0 Å². The predicted octanol–water partition coefficient (Wildman–Crippen LogP) is 2.79. The number of ether oxygens (including phenoxy) is 2. The Morgan fingerprint density at radius 2 is 1.73 bits per heavy atom. The average Bonchev–Trinajstić information content (AvgIpc) is 3.07. The maximum atomic E-state index is 17.4. The van der Waals surface area contributed by atoms with Crippen LogP contribution in [0, 0.1) is 28.6 Å². The normalized spacial score (nSPS) is 44.3. The van der Waals surface area contributed by atoms with E-state index in [-0.39, 0.29) is 37.0 Å². The highest BCUT2D eigenvalue weighted by Gasteiger charge is 2.78. The van der Waals surface area contributed by atoms with E-state index in [9.17, 15) is 29.4 Å². The maximum Gasteiger partial charge on any atom is 0.306 e. The minimum atomic E-state index is -2.23. The van der Waals surface area contributed by atoms with Gasteiger partial charge in [-0.1, -0.05) is 33.8 Å². The lowest BCUT2D eigenvalue weighted by molar-refractivity contribution is -0.234. The number of Topliss-reactive ketones (excluding diaryl/α,β-unsaturated/α-hetero) is 1. The van der Waals surface area contributed by atoms with Crippen LogP contribution in [0.15, 0.2) is 23.8 Å². The molecule has 0 aromatic rings. The van der Waals surface area contributed by atoms with Gasteiger partial charge in [-0.2, -0.15) is 0 Å². The van der Waals surface area contributed by atoms with Crippen LogP contribution in [0.25, 0.3) is 0 Å². The molecule has 4 aliphatic carbocycles. The molecule has 0 aromatic carbocycles. The van der Waals surface area contributed by atoms with Crippen LogP contribution in [0.5, 0.6) is 0 Å². The fourth-order valence-corrected chi connectivity index (χ4v) is 8.04. The molecule has 3 saturated carbocycles. The highest BCUT2D eigenvalue weighted by molar-refractivity contribution is 6.01. The zero-order valence-corrected chi connectivity index (χ0v) is 22.1. The lowest BCUT2D eigenvalue weighted by atomic mass is 9.44. The predicted molar refractivity (Wildman–Crippen MR) is 130 cm³/mol. The minimum absolute atomic E-state index is 0.0000380. The largest absolute Gasteiger partial charge is 0.457 e. The fourth-order valence-electron chi connectivity index (χ4n) is 8.04. The number of carbonyl (C=O) groups is 4. The zero-order valence-electron chi connectivity index (χ0n) is 22.1. The first kappa shape index (κ1) is 27.6. The third-order valence-corrected chi connectivity index (χ3v) is 9.84. The van der Waals surface area contributed by atoms with E-state index in [4.69, 9.17) is 9.47 Å². The molecule has 0 saturated heterocycles. The molecular formula is C28H37FO8. The van der Waals surface area contributed by atoms with Gasteiger partial charge in [-0.3, -0.25) is 19.2 Å². The van der Waals surface area contributed by atoms with Gasteiger partial charge in [0.05, 0.1) is 12.2 Å². The first-order valence-corrected chi connectivity index (χ1v) is 13.1. The monoisotopic (exact) mass is 520 g/mol. The number of aliphatic hydroxyl groups is 2.